The van der Waals surface area contributed by atoms with Crippen LogP contribution < -0.4 is 0 Å². The first-order valence-electron chi connectivity index (χ1n) is 10.2. The van der Waals surface area contributed by atoms with Gasteiger partial charge in [0.15, 0.2) is 0 Å². The molecule has 0 N–H and O–H groups in total. The van der Waals surface area contributed by atoms with Crippen LogP contribution in [0.1, 0.15) is 35.9 Å². The van der Waals surface area contributed by atoms with Gasteiger partial charge in [0, 0.05) is 37.0 Å². The number of rotatable bonds is 6. The molecule has 1 aliphatic heterocycles. The zero-order valence-electron chi connectivity index (χ0n) is 17.4. The first-order chi connectivity index (χ1) is 14.0. The van der Waals surface area contributed by atoms with Gasteiger partial charge in [0.05, 0.1) is 7.11 Å². The normalized spacial score (nSPS) is 17.1. The lowest BCUT2D eigenvalue weighted by Gasteiger charge is -2.19. The van der Waals surface area contributed by atoms with E-state index in [0.29, 0.717) is 11.6 Å². The molecule has 1 saturated heterocycles. The molecule has 0 bridgehead atoms. The van der Waals surface area contributed by atoms with Gasteiger partial charge in [-0.15, -0.1) is 0 Å². The summed E-state index contributed by atoms with van der Waals surface area (Å²) < 4.78 is 6.06. The number of amides is 1. The minimum absolute atomic E-state index is 0.169. The molecule has 2 heterocycles. The van der Waals surface area contributed by atoms with Crippen molar-refractivity contribution in [1.82, 2.24) is 9.96 Å². The zero-order valence-corrected chi connectivity index (χ0v) is 17.4. The summed E-state index contributed by atoms with van der Waals surface area (Å²) in [7, 11) is 3.09. The van der Waals surface area contributed by atoms with E-state index < -0.39 is 0 Å². The zero-order chi connectivity index (χ0) is 20.4. The minimum Gasteiger partial charge on any atom is -0.461 e. The van der Waals surface area contributed by atoms with Crippen molar-refractivity contribution in [2.24, 2.45) is 0 Å². The van der Waals surface area contributed by atoms with E-state index in [4.69, 9.17) is 9.25 Å². The van der Waals surface area contributed by atoms with Gasteiger partial charge < -0.3 is 9.32 Å². The maximum atomic E-state index is 12.4. The highest BCUT2D eigenvalue weighted by Gasteiger charge is 2.20. The maximum absolute atomic E-state index is 12.4. The number of hydroxylamine groups is 2. The molecule has 1 atom stereocenters. The van der Waals surface area contributed by atoms with Gasteiger partial charge in [-0.2, -0.15) is 0 Å². The summed E-state index contributed by atoms with van der Waals surface area (Å²) in [6.45, 7) is 4.55. The van der Waals surface area contributed by atoms with Crippen LogP contribution in [0.15, 0.2) is 52.9 Å². The third-order valence-corrected chi connectivity index (χ3v) is 5.91. The van der Waals surface area contributed by atoms with E-state index in [1.54, 1.807) is 13.1 Å². The summed E-state index contributed by atoms with van der Waals surface area (Å²) in [5.74, 6) is 0.860. The number of nitrogens with zero attached hydrogens (tertiary/aromatic N) is 2. The maximum Gasteiger partial charge on any atom is 0.277 e. The number of likely N-dealkylation sites (tertiary alicyclic amines) is 1. The van der Waals surface area contributed by atoms with Gasteiger partial charge in [0.1, 0.15) is 11.3 Å². The Morgan fingerprint density at radius 2 is 2.03 bits per heavy atom. The van der Waals surface area contributed by atoms with E-state index in [2.05, 4.69) is 24.0 Å². The first kappa shape index (κ1) is 19.7. The molecule has 1 aromatic heterocycles. The summed E-state index contributed by atoms with van der Waals surface area (Å²) in [6.07, 6.45) is 3.53. The number of hydrogen-bond acceptors (Lipinski definition) is 4. The van der Waals surface area contributed by atoms with Gasteiger partial charge >= 0.3 is 0 Å². The van der Waals surface area contributed by atoms with Gasteiger partial charge in [-0.3, -0.25) is 9.63 Å². The predicted octanol–water partition coefficient (Wildman–Crippen LogP) is 4.76. The number of hydrogen-bond donors (Lipinski definition) is 0. The Balaban J connectivity index is 1.54. The number of carbonyl (C=O) groups is 1. The molecule has 5 nitrogen and oxygen atoms in total. The minimum atomic E-state index is -0.169. The van der Waals surface area contributed by atoms with Crippen molar-refractivity contribution in [3.8, 4) is 11.1 Å². The van der Waals surface area contributed by atoms with Gasteiger partial charge in [-0.1, -0.05) is 18.2 Å². The summed E-state index contributed by atoms with van der Waals surface area (Å²) in [4.78, 5) is 19.9. The van der Waals surface area contributed by atoms with E-state index >= 15 is 0 Å². The highest BCUT2D eigenvalue weighted by molar-refractivity contribution is 5.95. The number of benzene rings is 2. The van der Waals surface area contributed by atoms with Crippen molar-refractivity contribution < 1.29 is 14.0 Å². The molecule has 0 saturated carbocycles. The van der Waals surface area contributed by atoms with Crippen LogP contribution in [0.2, 0.25) is 0 Å². The number of carbonyl (C=O) groups excluding carboxylic acids is 1. The molecule has 1 aliphatic rings. The molecule has 0 spiro atoms. The highest BCUT2D eigenvalue weighted by atomic mass is 16.7. The number of furan rings is 1. The smallest absolute Gasteiger partial charge is 0.277 e. The van der Waals surface area contributed by atoms with Crippen LogP contribution in [0, 0.1) is 0 Å². The topological polar surface area (TPSA) is 45.9 Å². The molecule has 29 heavy (non-hydrogen) atoms. The van der Waals surface area contributed by atoms with Crippen molar-refractivity contribution in [2.75, 3.05) is 27.2 Å². The van der Waals surface area contributed by atoms with E-state index in [0.717, 1.165) is 40.8 Å². The average molecular weight is 392 g/mol. The summed E-state index contributed by atoms with van der Waals surface area (Å²) in [5, 5.41) is 2.32. The largest absolute Gasteiger partial charge is 0.461 e. The summed E-state index contributed by atoms with van der Waals surface area (Å²) in [6, 6.07) is 16.6. The van der Waals surface area contributed by atoms with Crippen molar-refractivity contribution in [3.05, 3.63) is 59.9 Å². The van der Waals surface area contributed by atoms with Crippen LogP contribution in [-0.2, 0) is 11.3 Å². The molecular weight excluding hydrogens is 364 g/mol. The van der Waals surface area contributed by atoms with Gasteiger partial charge in [-0.25, -0.2) is 5.06 Å². The predicted molar refractivity (Wildman–Crippen MR) is 115 cm³/mol. The Morgan fingerprint density at radius 1 is 1.21 bits per heavy atom. The third-order valence-electron chi connectivity index (χ3n) is 5.91. The molecular formula is C24H28N2O3. The van der Waals surface area contributed by atoms with Crippen LogP contribution in [0.3, 0.4) is 0 Å². The van der Waals surface area contributed by atoms with Crippen molar-refractivity contribution >= 4 is 16.9 Å². The molecule has 0 radical (unpaired) electrons. The van der Waals surface area contributed by atoms with Crippen LogP contribution >= 0.6 is 0 Å². The standard InChI is InChI=1S/C24H28N2O3/c1-17-6-5-12-26(17)13-11-22-16-21-15-19(9-10-23(21)29-22)18-7-4-8-20(14-18)24(27)25(2)28-3/h4,7-10,14-17H,5-6,11-13H2,1-3H3/t17-/m1/s1. The van der Waals surface area contributed by atoms with Crippen LogP contribution in [0.4, 0.5) is 0 Å². The molecule has 0 unspecified atom stereocenters. The van der Waals surface area contributed by atoms with Crippen molar-refractivity contribution in [3.63, 3.8) is 0 Å². The van der Waals surface area contributed by atoms with Crippen LogP contribution in [-0.4, -0.2) is 49.2 Å². The van der Waals surface area contributed by atoms with Crippen LogP contribution in [0.25, 0.3) is 22.1 Å². The Kier molecular flexibility index (Phi) is 5.69. The molecule has 5 heteroatoms. The van der Waals surface area contributed by atoms with Crippen molar-refractivity contribution in [1.29, 1.82) is 0 Å². The molecule has 1 fully saturated rings. The second kappa shape index (κ2) is 8.39. The Morgan fingerprint density at radius 3 is 2.79 bits per heavy atom. The molecule has 1 amide bonds. The fourth-order valence-corrected chi connectivity index (χ4v) is 4.08. The lowest BCUT2D eigenvalue weighted by molar-refractivity contribution is -0.0756. The Hall–Kier alpha value is -2.63. The highest BCUT2D eigenvalue weighted by Crippen LogP contribution is 2.28. The lowest BCUT2D eigenvalue weighted by atomic mass is 10.0. The lowest BCUT2D eigenvalue weighted by Crippen LogP contribution is -2.28. The molecule has 152 valence electrons. The Labute approximate surface area is 171 Å². The quantitative estimate of drug-likeness (QED) is 0.568. The second-order valence-corrected chi connectivity index (χ2v) is 7.81. The van der Waals surface area contributed by atoms with Crippen LogP contribution in [0.5, 0.6) is 0 Å². The van der Waals surface area contributed by atoms with Gasteiger partial charge in [-0.05, 0) is 67.8 Å². The fourth-order valence-electron chi connectivity index (χ4n) is 4.08. The fraction of sp³-hybridized carbons (Fsp3) is 0.375. The molecule has 3 aromatic rings. The van der Waals surface area contributed by atoms with E-state index in [-0.39, 0.29) is 5.91 Å². The third kappa shape index (κ3) is 4.21. The average Bonchev–Trinajstić information content (AvgIpc) is 3.35. The second-order valence-electron chi connectivity index (χ2n) is 7.81. The van der Waals surface area contributed by atoms with Crippen molar-refractivity contribution in [2.45, 2.75) is 32.2 Å². The SMILES string of the molecule is CON(C)C(=O)c1cccc(-c2ccc3oc(CCN4CCC[C@H]4C)cc3c2)c1. The van der Waals surface area contributed by atoms with Gasteiger partial charge in [0.25, 0.3) is 5.91 Å². The Bertz CT molecular complexity index is 1010. The van der Waals surface area contributed by atoms with E-state index in [1.165, 1.54) is 31.6 Å². The van der Waals surface area contributed by atoms with E-state index in [9.17, 15) is 4.79 Å². The molecule has 2 aromatic carbocycles. The summed E-state index contributed by atoms with van der Waals surface area (Å²) in [5.41, 5.74) is 3.56. The number of fused-ring (bicyclic) bond motifs is 1. The molecule has 0 aliphatic carbocycles. The van der Waals surface area contributed by atoms with Gasteiger partial charge in [0.2, 0.25) is 0 Å². The summed E-state index contributed by atoms with van der Waals surface area (Å²) >= 11 is 0. The monoisotopic (exact) mass is 392 g/mol. The first-order valence-corrected chi connectivity index (χ1v) is 10.2. The molecule has 4 rings (SSSR count). The van der Waals surface area contributed by atoms with E-state index in [1.807, 2.05) is 30.3 Å².